The highest BCUT2D eigenvalue weighted by molar-refractivity contribution is 6.34. The van der Waals surface area contributed by atoms with Crippen molar-refractivity contribution in [2.24, 2.45) is 0 Å². The quantitative estimate of drug-likeness (QED) is 0.595. The van der Waals surface area contributed by atoms with Gasteiger partial charge >= 0.3 is 0 Å². The van der Waals surface area contributed by atoms with Crippen molar-refractivity contribution in [2.45, 2.75) is 6.92 Å². The van der Waals surface area contributed by atoms with Gasteiger partial charge in [-0.05, 0) is 42.8 Å². The van der Waals surface area contributed by atoms with E-state index in [1.807, 2.05) is 49.4 Å². The highest BCUT2D eigenvalue weighted by atomic mass is 35.5. The van der Waals surface area contributed by atoms with Crippen LogP contribution in [0, 0.1) is 6.92 Å². The van der Waals surface area contributed by atoms with E-state index < -0.39 is 0 Å². The van der Waals surface area contributed by atoms with E-state index in [1.165, 1.54) is 0 Å². The van der Waals surface area contributed by atoms with Crippen LogP contribution in [-0.4, -0.2) is 9.97 Å². The summed E-state index contributed by atoms with van der Waals surface area (Å²) in [4.78, 5) is 8.89. The summed E-state index contributed by atoms with van der Waals surface area (Å²) in [6.45, 7) is 1.95. The maximum absolute atomic E-state index is 6.21. The first kappa shape index (κ1) is 12.4. The minimum atomic E-state index is 0.466. The van der Waals surface area contributed by atoms with Crippen LogP contribution in [0.3, 0.4) is 0 Å². The van der Waals surface area contributed by atoms with Crippen molar-refractivity contribution in [3.05, 3.63) is 58.2 Å². The maximum atomic E-state index is 6.21. The van der Waals surface area contributed by atoms with Crippen LogP contribution in [0.1, 0.15) is 5.56 Å². The van der Waals surface area contributed by atoms with Crippen LogP contribution in [-0.2, 0) is 0 Å². The number of halogens is 2. The minimum Gasteiger partial charge on any atom is -0.228 e. The highest BCUT2D eigenvalue weighted by Crippen LogP contribution is 2.26. The van der Waals surface area contributed by atoms with Gasteiger partial charge in [0.05, 0.1) is 5.52 Å². The monoisotopic (exact) mass is 288 g/mol. The van der Waals surface area contributed by atoms with E-state index in [9.17, 15) is 0 Å². The zero-order valence-electron chi connectivity index (χ0n) is 10.2. The van der Waals surface area contributed by atoms with Gasteiger partial charge in [0.25, 0.3) is 0 Å². The van der Waals surface area contributed by atoms with Crippen molar-refractivity contribution in [3.8, 4) is 11.4 Å². The third-order valence-corrected chi connectivity index (χ3v) is 3.69. The van der Waals surface area contributed by atoms with Gasteiger partial charge in [-0.2, -0.15) is 0 Å². The molecule has 0 amide bonds. The molecule has 0 atom stereocenters. The average Bonchev–Trinajstić information content (AvgIpc) is 2.42. The Balaban J connectivity index is 2.22. The van der Waals surface area contributed by atoms with E-state index in [1.54, 1.807) is 0 Å². The van der Waals surface area contributed by atoms with E-state index in [2.05, 4.69) is 9.97 Å². The first-order chi connectivity index (χ1) is 9.15. The molecule has 0 saturated carbocycles. The third kappa shape index (κ3) is 2.29. The summed E-state index contributed by atoms with van der Waals surface area (Å²) in [6, 6.07) is 13.4. The summed E-state index contributed by atoms with van der Waals surface area (Å²) in [6.07, 6.45) is 0. The largest absolute Gasteiger partial charge is 0.228 e. The Morgan fingerprint density at radius 2 is 1.74 bits per heavy atom. The minimum absolute atomic E-state index is 0.466. The van der Waals surface area contributed by atoms with Crippen LogP contribution in [0.15, 0.2) is 42.5 Å². The summed E-state index contributed by atoms with van der Waals surface area (Å²) in [5.74, 6) is 0.614. The summed E-state index contributed by atoms with van der Waals surface area (Å²) in [5, 5.41) is 2.06. The molecule has 4 heteroatoms. The molecule has 0 aliphatic carbocycles. The molecule has 1 heterocycles. The van der Waals surface area contributed by atoms with Crippen molar-refractivity contribution in [2.75, 3.05) is 0 Å². The fraction of sp³-hybridized carbons (Fsp3) is 0.0667. The highest BCUT2D eigenvalue weighted by Gasteiger charge is 2.08. The lowest BCUT2D eigenvalue weighted by Gasteiger charge is -2.06. The molecular weight excluding hydrogens is 279 g/mol. The number of nitrogens with zero attached hydrogens (tertiary/aromatic N) is 2. The first-order valence-corrected chi connectivity index (χ1v) is 6.59. The molecule has 1 aromatic heterocycles. The van der Waals surface area contributed by atoms with Gasteiger partial charge in [0, 0.05) is 16.0 Å². The van der Waals surface area contributed by atoms with Crippen LogP contribution < -0.4 is 0 Å². The molecule has 0 aliphatic heterocycles. The van der Waals surface area contributed by atoms with Gasteiger partial charge in [-0.15, -0.1) is 0 Å². The molecule has 2 aromatic carbocycles. The van der Waals surface area contributed by atoms with E-state index >= 15 is 0 Å². The Kier molecular flexibility index (Phi) is 3.13. The molecule has 19 heavy (non-hydrogen) atoms. The van der Waals surface area contributed by atoms with Crippen LogP contribution >= 0.6 is 23.2 Å². The number of rotatable bonds is 1. The zero-order chi connectivity index (χ0) is 13.4. The Bertz CT molecular complexity index is 769. The fourth-order valence-electron chi connectivity index (χ4n) is 1.95. The number of hydrogen-bond acceptors (Lipinski definition) is 2. The molecule has 0 spiro atoms. The Labute approximate surface area is 121 Å². The summed E-state index contributed by atoms with van der Waals surface area (Å²) < 4.78 is 0. The van der Waals surface area contributed by atoms with Crippen LogP contribution in [0.2, 0.25) is 10.2 Å². The van der Waals surface area contributed by atoms with Crippen molar-refractivity contribution >= 4 is 34.1 Å². The van der Waals surface area contributed by atoms with Crippen LogP contribution in [0.5, 0.6) is 0 Å². The molecule has 94 valence electrons. The summed E-state index contributed by atoms with van der Waals surface area (Å²) in [5.41, 5.74) is 2.74. The molecule has 0 unspecified atom stereocenters. The average molecular weight is 289 g/mol. The van der Waals surface area contributed by atoms with E-state index in [0.29, 0.717) is 11.0 Å². The van der Waals surface area contributed by atoms with E-state index in [-0.39, 0.29) is 0 Å². The number of hydrogen-bond donors (Lipinski definition) is 0. The predicted molar refractivity (Wildman–Crippen MR) is 79.7 cm³/mol. The van der Waals surface area contributed by atoms with Gasteiger partial charge in [-0.25, -0.2) is 9.97 Å². The van der Waals surface area contributed by atoms with Crippen LogP contribution in [0.4, 0.5) is 0 Å². The Morgan fingerprint density at radius 3 is 2.53 bits per heavy atom. The molecule has 0 radical (unpaired) electrons. The maximum Gasteiger partial charge on any atom is 0.161 e. The van der Waals surface area contributed by atoms with Crippen LogP contribution in [0.25, 0.3) is 22.3 Å². The lowest BCUT2D eigenvalue weighted by atomic mass is 10.1. The second-order valence-corrected chi connectivity index (χ2v) is 5.08. The van der Waals surface area contributed by atoms with Crippen molar-refractivity contribution < 1.29 is 0 Å². The standard InChI is InChI=1S/C15H10Cl2N2/c1-9-8-10(6-7-12(9)16)15-18-13-5-3-2-4-11(13)14(17)19-15/h2-8H,1H3. The number of aromatic nitrogens is 2. The van der Waals surface area contributed by atoms with Crippen molar-refractivity contribution in [1.82, 2.24) is 9.97 Å². The zero-order valence-corrected chi connectivity index (χ0v) is 11.7. The van der Waals surface area contributed by atoms with Gasteiger partial charge in [-0.3, -0.25) is 0 Å². The SMILES string of the molecule is Cc1cc(-c2nc(Cl)c3ccccc3n2)ccc1Cl. The smallest absolute Gasteiger partial charge is 0.161 e. The van der Waals surface area contributed by atoms with Crippen molar-refractivity contribution in [1.29, 1.82) is 0 Å². The van der Waals surface area contributed by atoms with Gasteiger partial charge < -0.3 is 0 Å². The molecule has 0 bridgehead atoms. The molecule has 3 aromatic rings. The lowest BCUT2D eigenvalue weighted by Crippen LogP contribution is -1.92. The second kappa shape index (κ2) is 4.80. The molecule has 3 rings (SSSR count). The first-order valence-electron chi connectivity index (χ1n) is 5.84. The number of aryl methyl sites for hydroxylation is 1. The number of para-hydroxylation sites is 1. The number of benzene rings is 2. The van der Waals surface area contributed by atoms with Gasteiger partial charge in [0.15, 0.2) is 5.82 Å². The normalized spacial score (nSPS) is 10.9. The third-order valence-electron chi connectivity index (χ3n) is 2.97. The van der Waals surface area contributed by atoms with Gasteiger partial charge in [0.1, 0.15) is 5.15 Å². The van der Waals surface area contributed by atoms with Gasteiger partial charge in [-0.1, -0.05) is 35.3 Å². The second-order valence-electron chi connectivity index (χ2n) is 4.32. The van der Waals surface area contributed by atoms with E-state index in [0.717, 1.165) is 27.1 Å². The topological polar surface area (TPSA) is 25.8 Å². The van der Waals surface area contributed by atoms with Gasteiger partial charge in [0.2, 0.25) is 0 Å². The van der Waals surface area contributed by atoms with Crippen molar-refractivity contribution in [3.63, 3.8) is 0 Å². The summed E-state index contributed by atoms with van der Waals surface area (Å²) in [7, 11) is 0. The molecule has 0 saturated heterocycles. The summed E-state index contributed by atoms with van der Waals surface area (Å²) >= 11 is 12.2. The van der Waals surface area contributed by atoms with E-state index in [4.69, 9.17) is 23.2 Å². The predicted octanol–water partition coefficient (Wildman–Crippen LogP) is 4.91. The molecule has 2 nitrogen and oxygen atoms in total. The Hall–Kier alpha value is -1.64. The Morgan fingerprint density at radius 1 is 0.947 bits per heavy atom. The molecule has 0 aliphatic rings. The molecule has 0 fully saturated rings. The molecular formula is C15H10Cl2N2. The number of fused-ring (bicyclic) bond motifs is 1. The fourth-order valence-corrected chi connectivity index (χ4v) is 2.31. The molecule has 0 N–H and O–H groups in total. The lowest BCUT2D eigenvalue weighted by molar-refractivity contribution is 1.22.